The second kappa shape index (κ2) is 8.77. The van der Waals surface area contributed by atoms with Gasteiger partial charge in [-0.25, -0.2) is 9.78 Å². The number of hydrazone groups is 1. The molecule has 26 heavy (non-hydrogen) atoms. The molecule has 3 aromatic rings. The molecule has 132 valence electrons. The molecular weight excluding hydrogens is 348 g/mol. The average Bonchev–Trinajstić information content (AvgIpc) is 3.12. The van der Waals surface area contributed by atoms with Crippen LogP contribution in [0.5, 0.6) is 0 Å². The number of thiazole rings is 1. The molecule has 7 heteroatoms. The Morgan fingerprint density at radius 2 is 1.73 bits per heavy atom. The Balaban J connectivity index is 1.81. The Bertz CT molecular complexity index is 879. The Hall–Kier alpha value is -3.19. The highest BCUT2D eigenvalue weighted by Crippen LogP contribution is 2.23. The fourth-order valence-corrected chi connectivity index (χ4v) is 2.93. The first-order chi connectivity index (χ1) is 12.8. The molecule has 0 spiro atoms. The van der Waals surface area contributed by atoms with Crippen molar-refractivity contribution in [3.05, 3.63) is 71.7 Å². The van der Waals surface area contributed by atoms with Gasteiger partial charge in [-0.1, -0.05) is 47.7 Å². The average molecular weight is 366 g/mol. The monoisotopic (exact) mass is 366 g/mol. The molecule has 3 rings (SSSR count). The first kappa shape index (κ1) is 17.6. The predicted octanol–water partition coefficient (Wildman–Crippen LogP) is 4.27. The van der Waals surface area contributed by atoms with Gasteiger partial charge in [0, 0.05) is 5.69 Å². The molecule has 6 nitrogen and oxygen atoms in total. The van der Waals surface area contributed by atoms with Gasteiger partial charge in [-0.3, -0.25) is 5.43 Å². The summed E-state index contributed by atoms with van der Waals surface area (Å²) < 4.78 is 5.12. The lowest BCUT2D eigenvalue weighted by Gasteiger charge is -2.05. The highest BCUT2D eigenvalue weighted by atomic mass is 32.1. The molecule has 1 heterocycles. The van der Waals surface area contributed by atoms with Crippen LogP contribution < -0.4 is 10.7 Å². The summed E-state index contributed by atoms with van der Waals surface area (Å²) in [7, 11) is 0. The second-order valence-electron chi connectivity index (χ2n) is 5.18. The van der Waals surface area contributed by atoms with E-state index >= 15 is 0 Å². The van der Waals surface area contributed by atoms with E-state index in [1.54, 1.807) is 13.1 Å². The minimum absolute atomic E-state index is 0.189. The Morgan fingerprint density at radius 1 is 1.08 bits per heavy atom. The third-order valence-electron chi connectivity index (χ3n) is 3.30. The van der Waals surface area contributed by atoms with E-state index in [-0.39, 0.29) is 12.3 Å². The summed E-state index contributed by atoms with van der Waals surface area (Å²) in [5.41, 5.74) is 4.78. The van der Waals surface area contributed by atoms with Crippen LogP contribution in [0.1, 0.15) is 11.8 Å². The number of nitrogens with one attached hydrogen (secondary N) is 2. The summed E-state index contributed by atoms with van der Waals surface area (Å²) >= 11 is 1.33. The quantitative estimate of drug-likeness (QED) is 0.371. The Labute approximate surface area is 155 Å². The molecule has 0 saturated carbocycles. The molecule has 2 N–H and O–H groups in total. The molecule has 0 saturated heterocycles. The zero-order chi connectivity index (χ0) is 18.2. The van der Waals surface area contributed by atoms with E-state index < -0.39 is 5.97 Å². The van der Waals surface area contributed by atoms with E-state index in [2.05, 4.69) is 20.8 Å². The van der Waals surface area contributed by atoms with Crippen molar-refractivity contribution in [1.29, 1.82) is 0 Å². The highest BCUT2D eigenvalue weighted by Gasteiger charge is 2.19. The summed E-state index contributed by atoms with van der Waals surface area (Å²) in [5, 5.41) is 8.11. The molecule has 0 aliphatic carbocycles. The van der Waals surface area contributed by atoms with Crippen molar-refractivity contribution < 1.29 is 9.53 Å². The van der Waals surface area contributed by atoms with E-state index in [1.807, 2.05) is 60.7 Å². The largest absolute Gasteiger partial charge is 0.461 e. The molecule has 0 fully saturated rings. The zero-order valence-corrected chi connectivity index (χ0v) is 15.0. The number of carbonyl (C=O) groups is 1. The van der Waals surface area contributed by atoms with Crippen LogP contribution in [0.3, 0.4) is 0 Å². The van der Waals surface area contributed by atoms with Gasteiger partial charge in [0.25, 0.3) is 0 Å². The summed E-state index contributed by atoms with van der Waals surface area (Å²) in [6.07, 6.45) is 1.61. The molecule has 0 unspecified atom stereocenters. The van der Waals surface area contributed by atoms with Gasteiger partial charge in [0.2, 0.25) is 0 Å². The lowest BCUT2D eigenvalue weighted by Crippen LogP contribution is -2.19. The number of ether oxygens (including phenoxy) is 1. The lowest BCUT2D eigenvalue weighted by molar-refractivity contribution is -0.134. The first-order valence-corrected chi connectivity index (χ1v) is 8.92. The zero-order valence-electron chi connectivity index (χ0n) is 14.2. The third kappa shape index (κ3) is 4.67. The molecule has 0 radical (unpaired) electrons. The number of rotatable bonds is 7. The predicted molar refractivity (Wildman–Crippen MR) is 105 cm³/mol. The van der Waals surface area contributed by atoms with Crippen LogP contribution >= 0.6 is 11.3 Å². The Morgan fingerprint density at radius 3 is 2.38 bits per heavy atom. The highest BCUT2D eigenvalue weighted by molar-refractivity contribution is 7.18. The number of para-hydroxylation sites is 2. The lowest BCUT2D eigenvalue weighted by atomic mass is 10.3. The van der Waals surface area contributed by atoms with Gasteiger partial charge in [0.05, 0.1) is 23.4 Å². The molecule has 0 bridgehead atoms. The van der Waals surface area contributed by atoms with Crippen molar-refractivity contribution in [3.8, 4) is 0 Å². The van der Waals surface area contributed by atoms with Crippen molar-refractivity contribution in [2.24, 2.45) is 5.10 Å². The van der Waals surface area contributed by atoms with E-state index in [0.717, 1.165) is 11.4 Å². The molecule has 1 aromatic heterocycles. The molecular formula is C19H18N4O2S. The van der Waals surface area contributed by atoms with Crippen molar-refractivity contribution in [2.45, 2.75) is 6.92 Å². The number of esters is 1. The topological polar surface area (TPSA) is 75.6 Å². The molecule has 0 atom stereocenters. The van der Waals surface area contributed by atoms with E-state index in [0.29, 0.717) is 10.0 Å². The van der Waals surface area contributed by atoms with E-state index in [1.165, 1.54) is 11.3 Å². The van der Waals surface area contributed by atoms with Crippen LogP contribution in [0.2, 0.25) is 0 Å². The SMILES string of the molecule is CCOC(=O)C(=NNc1ccccc1)c1cnc(Nc2ccccc2)s1. The van der Waals surface area contributed by atoms with Crippen molar-refractivity contribution >= 4 is 39.5 Å². The number of anilines is 3. The molecule has 0 aliphatic rings. The van der Waals surface area contributed by atoms with Gasteiger partial charge in [-0.15, -0.1) is 0 Å². The maximum Gasteiger partial charge on any atom is 0.360 e. The van der Waals surface area contributed by atoms with Crippen LogP contribution in [0.4, 0.5) is 16.5 Å². The van der Waals surface area contributed by atoms with Crippen LogP contribution in [0.15, 0.2) is 72.0 Å². The molecule has 0 aliphatic heterocycles. The van der Waals surface area contributed by atoms with Gasteiger partial charge in [-0.05, 0) is 31.2 Å². The van der Waals surface area contributed by atoms with Crippen LogP contribution in [0.25, 0.3) is 0 Å². The number of carbonyl (C=O) groups excluding carboxylic acids is 1. The van der Waals surface area contributed by atoms with Crippen molar-refractivity contribution in [2.75, 3.05) is 17.3 Å². The van der Waals surface area contributed by atoms with Crippen LogP contribution in [-0.2, 0) is 9.53 Å². The van der Waals surface area contributed by atoms with Crippen molar-refractivity contribution in [1.82, 2.24) is 4.98 Å². The van der Waals surface area contributed by atoms with Crippen LogP contribution in [-0.4, -0.2) is 23.3 Å². The van der Waals surface area contributed by atoms with Crippen molar-refractivity contribution in [3.63, 3.8) is 0 Å². The Kier molecular flexibility index (Phi) is 5.95. The fourth-order valence-electron chi connectivity index (χ4n) is 2.12. The second-order valence-corrected chi connectivity index (χ2v) is 6.21. The summed E-state index contributed by atoms with van der Waals surface area (Å²) in [4.78, 5) is 17.2. The maximum absolute atomic E-state index is 12.3. The minimum atomic E-state index is -0.495. The van der Waals surface area contributed by atoms with Gasteiger partial charge >= 0.3 is 5.97 Å². The van der Waals surface area contributed by atoms with E-state index in [9.17, 15) is 4.79 Å². The number of hydrogen-bond donors (Lipinski definition) is 2. The van der Waals surface area contributed by atoms with Gasteiger partial charge in [-0.2, -0.15) is 5.10 Å². The van der Waals surface area contributed by atoms with Gasteiger partial charge in [0.15, 0.2) is 10.8 Å². The number of hydrogen-bond acceptors (Lipinski definition) is 7. The minimum Gasteiger partial charge on any atom is -0.461 e. The summed E-state index contributed by atoms with van der Waals surface area (Å²) in [5.74, 6) is -0.495. The van der Waals surface area contributed by atoms with Gasteiger partial charge in [0.1, 0.15) is 0 Å². The normalized spacial score (nSPS) is 11.0. The molecule has 2 aromatic carbocycles. The number of nitrogens with zero attached hydrogens (tertiary/aromatic N) is 2. The number of benzene rings is 2. The fraction of sp³-hybridized carbons (Fsp3) is 0.105. The summed E-state index contributed by atoms with van der Waals surface area (Å²) in [6.45, 7) is 2.03. The first-order valence-electron chi connectivity index (χ1n) is 8.10. The third-order valence-corrected chi connectivity index (χ3v) is 4.22. The smallest absolute Gasteiger partial charge is 0.360 e. The van der Waals surface area contributed by atoms with E-state index in [4.69, 9.17) is 4.74 Å². The molecule has 0 amide bonds. The van der Waals surface area contributed by atoms with Gasteiger partial charge < -0.3 is 10.1 Å². The standard InChI is InChI=1S/C19H18N4O2S/c1-2-25-18(24)17(23-22-15-11-7-4-8-12-15)16-13-20-19(26-16)21-14-9-5-3-6-10-14/h3-13,22H,2H2,1H3,(H,20,21). The number of aromatic nitrogens is 1. The maximum atomic E-state index is 12.3. The summed E-state index contributed by atoms with van der Waals surface area (Å²) in [6, 6.07) is 19.1. The van der Waals surface area contributed by atoms with Crippen LogP contribution in [0, 0.1) is 0 Å².